The molecule has 1 fully saturated rings. The lowest BCUT2D eigenvalue weighted by Crippen LogP contribution is -2.39. The molecule has 1 N–H and O–H groups in total. The molecule has 0 radical (unpaired) electrons. The van der Waals surface area contributed by atoms with Gasteiger partial charge in [0, 0.05) is 18.2 Å². The molecule has 6 nitrogen and oxygen atoms in total. The summed E-state index contributed by atoms with van der Waals surface area (Å²) < 4.78 is 4.92. The first-order chi connectivity index (χ1) is 11.1. The number of anilines is 1. The van der Waals surface area contributed by atoms with Crippen molar-refractivity contribution in [1.29, 1.82) is 0 Å². The van der Waals surface area contributed by atoms with Crippen LogP contribution in [0.15, 0.2) is 40.9 Å². The van der Waals surface area contributed by atoms with Crippen LogP contribution in [0.4, 0.5) is 5.82 Å². The van der Waals surface area contributed by atoms with Crippen molar-refractivity contribution in [1.82, 2.24) is 10.1 Å². The fourth-order valence-electron chi connectivity index (χ4n) is 2.38. The van der Waals surface area contributed by atoms with E-state index in [1.54, 1.807) is 30.0 Å². The molecule has 1 aliphatic rings. The van der Waals surface area contributed by atoms with Gasteiger partial charge in [0.15, 0.2) is 5.82 Å². The van der Waals surface area contributed by atoms with E-state index in [-0.39, 0.29) is 18.4 Å². The molecule has 2 amide bonds. The average Bonchev–Trinajstić information content (AvgIpc) is 3.27. The molecule has 0 spiro atoms. The predicted octanol–water partition coefficient (Wildman–Crippen LogP) is 2.47. The van der Waals surface area contributed by atoms with E-state index in [9.17, 15) is 9.59 Å². The molecule has 120 valence electrons. The molecule has 0 unspecified atom stereocenters. The summed E-state index contributed by atoms with van der Waals surface area (Å²) in [7, 11) is 0. The van der Waals surface area contributed by atoms with Crippen LogP contribution in [0.1, 0.15) is 29.0 Å². The highest BCUT2D eigenvalue weighted by Gasteiger charge is 2.28. The minimum Gasteiger partial charge on any atom is -0.360 e. The second-order valence-corrected chi connectivity index (χ2v) is 5.87. The molecule has 6 heteroatoms. The highest BCUT2D eigenvalue weighted by atomic mass is 16.5. The second-order valence-electron chi connectivity index (χ2n) is 5.87. The first-order valence-electron chi connectivity index (χ1n) is 7.69. The average molecular weight is 313 g/mol. The van der Waals surface area contributed by atoms with Gasteiger partial charge in [-0.1, -0.05) is 23.4 Å². The number of nitrogens with zero attached hydrogens (tertiary/aromatic N) is 2. The van der Waals surface area contributed by atoms with Crippen molar-refractivity contribution in [3.63, 3.8) is 0 Å². The summed E-state index contributed by atoms with van der Waals surface area (Å²) in [5.74, 6) is 1.10. The molecule has 1 aliphatic carbocycles. The van der Waals surface area contributed by atoms with Crippen LogP contribution in [-0.4, -0.2) is 35.0 Å². The van der Waals surface area contributed by atoms with Crippen LogP contribution < -0.4 is 5.32 Å². The third-order valence-corrected chi connectivity index (χ3v) is 3.71. The van der Waals surface area contributed by atoms with Crippen molar-refractivity contribution in [3.05, 3.63) is 47.7 Å². The Hall–Kier alpha value is -2.63. The molecule has 1 aromatic carbocycles. The lowest BCUT2D eigenvalue weighted by atomic mass is 10.2. The van der Waals surface area contributed by atoms with Gasteiger partial charge in [0.1, 0.15) is 12.3 Å². The smallest absolute Gasteiger partial charge is 0.254 e. The maximum absolute atomic E-state index is 12.6. The van der Waals surface area contributed by atoms with Crippen molar-refractivity contribution >= 4 is 17.6 Å². The molecule has 1 saturated carbocycles. The minimum absolute atomic E-state index is 0.0101. The summed E-state index contributed by atoms with van der Waals surface area (Å²) in [4.78, 5) is 26.4. The van der Waals surface area contributed by atoms with Crippen LogP contribution >= 0.6 is 0 Å². The van der Waals surface area contributed by atoms with E-state index in [2.05, 4.69) is 10.5 Å². The largest absolute Gasteiger partial charge is 0.360 e. The van der Waals surface area contributed by atoms with Crippen molar-refractivity contribution in [2.75, 3.05) is 18.4 Å². The molecule has 3 rings (SSSR count). The Bertz CT molecular complexity index is 692. The van der Waals surface area contributed by atoms with Crippen LogP contribution in [-0.2, 0) is 4.79 Å². The van der Waals surface area contributed by atoms with Crippen molar-refractivity contribution in [2.45, 2.75) is 19.8 Å². The molecule has 0 saturated heterocycles. The van der Waals surface area contributed by atoms with Gasteiger partial charge < -0.3 is 14.7 Å². The maximum atomic E-state index is 12.6. The molecule has 23 heavy (non-hydrogen) atoms. The molecular formula is C17H19N3O3. The summed E-state index contributed by atoms with van der Waals surface area (Å²) in [6, 6.07) is 10.7. The van der Waals surface area contributed by atoms with Crippen LogP contribution in [0.5, 0.6) is 0 Å². The normalized spacial score (nSPS) is 13.6. The Morgan fingerprint density at radius 1 is 1.30 bits per heavy atom. The number of amides is 2. The van der Waals surface area contributed by atoms with E-state index < -0.39 is 0 Å². The van der Waals surface area contributed by atoms with E-state index in [1.807, 2.05) is 18.2 Å². The molecule has 0 aliphatic heterocycles. The van der Waals surface area contributed by atoms with Crippen LogP contribution in [0, 0.1) is 12.8 Å². The number of carbonyl (C=O) groups is 2. The monoisotopic (exact) mass is 313 g/mol. The van der Waals surface area contributed by atoms with Crippen molar-refractivity contribution in [2.24, 2.45) is 5.92 Å². The van der Waals surface area contributed by atoms with E-state index >= 15 is 0 Å². The van der Waals surface area contributed by atoms with Gasteiger partial charge in [-0.2, -0.15) is 0 Å². The van der Waals surface area contributed by atoms with E-state index in [0.717, 1.165) is 12.8 Å². The zero-order valence-electron chi connectivity index (χ0n) is 13.0. The molecular weight excluding hydrogens is 294 g/mol. The van der Waals surface area contributed by atoms with Gasteiger partial charge in [-0.15, -0.1) is 0 Å². The second kappa shape index (κ2) is 6.64. The Balaban J connectivity index is 1.66. The fourth-order valence-corrected chi connectivity index (χ4v) is 2.38. The van der Waals surface area contributed by atoms with Crippen molar-refractivity contribution in [3.8, 4) is 0 Å². The lowest BCUT2D eigenvalue weighted by Gasteiger charge is -2.22. The number of aryl methyl sites for hydroxylation is 1. The zero-order valence-corrected chi connectivity index (χ0v) is 13.0. The fraction of sp³-hybridized carbons (Fsp3) is 0.353. The first kappa shape index (κ1) is 15.3. The van der Waals surface area contributed by atoms with Gasteiger partial charge in [-0.3, -0.25) is 9.59 Å². The number of hydrogen-bond acceptors (Lipinski definition) is 4. The summed E-state index contributed by atoms with van der Waals surface area (Å²) >= 11 is 0. The highest BCUT2D eigenvalue weighted by molar-refractivity contribution is 5.99. The van der Waals surface area contributed by atoms with Crippen molar-refractivity contribution < 1.29 is 14.1 Å². The predicted molar refractivity (Wildman–Crippen MR) is 84.9 cm³/mol. The summed E-state index contributed by atoms with van der Waals surface area (Å²) in [5.41, 5.74) is 0.596. The van der Waals surface area contributed by atoms with E-state index in [0.29, 0.717) is 29.6 Å². The third-order valence-electron chi connectivity index (χ3n) is 3.71. The first-order valence-corrected chi connectivity index (χ1v) is 7.69. The summed E-state index contributed by atoms with van der Waals surface area (Å²) in [5, 5.41) is 6.38. The van der Waals surface area contributed by atoms with Gasteiger partial charge >= 0.3 is 0 Å². The van der Waals surface area contributed by atoms with E-state index in [4.69, 9.17) is 4.52 Å². The number of nitrogens with one attached hydrogen (secondary N) is 1. The minimum atomic E-state index is -0.275. The maximum Gasteiger partial charge on any atom is 0.254 e. The Morgan fingerprint density at radius 2 is 2.04 bits per heavy atom. The van der Waals surface area contributed by atoms with Crippen LogP contribution in [0.25, 0.3) is 0 Å². The summed E-state index contributed by atoms with van der Waals surface area (Å²) in [6.45, 7) is 2.37. The molecule has 0 atom stereocenters. The highest BCUT2D eigenvalue weighted by Crippen LogP contribution is 2.30. The van der Waals surface area contributed by atoms with Gasteiger partial charge in [-0.25, -0.2) is 0 Å². The van der Waals surface area contributed by atoms with Gasteiger partial charge in [-0.05, 0) is 37.8 Å². The Labute approximate surface area is 134 Å². The number of benzene rings is 1. The molecule has 2 aromatic rings. The van der Waals surface area contributed by atoms with Gasteiger partial charge in [0.2, 0.25) is 5.91 Å². The van der Waals surface area contributed by atoms with Crippen LogP contribution in [0.2, 0.25) is 0 Å². The topological polar surface area (TPSA) is 75.4 Å². The number of hydrogen-bond donors (Lipinski definition) is 1. The SMILES string of the molecule is Cc1cc(NC(=O)CN(CC2CC2)C(=O)c2ccccc2)no1. The lowest BCUT2D eigenvalue weighted by molar-refractivity contribution is -0.117. The van der Waals surface area contributed by atoms with Gasteiger partial charge in [0.05, 0.1) is 0 Å². The summed E-state index contributed by atoms with van der Waals surface area (Å²) in [6.07, 6.45) is 2.23. The Morgan fingerprint density at radius 3 is 2.65 bits per heavy atom. The third kappa shape index (κ3) is 4.18. The standard InChI is InChI=1S/C17H19N3O3/c1-12-9-15(19-23-12)18-16(21)11-20(10-13-7-8-13)17(22)14-5-3-2-4-6-14/h2-6,9,13H,7-8,10-11H2,1H3,(H,18,19,21). The number of carbonyl (C=O) groups excluding carboxylic acids is 2. The van der Waals surface area contributed by atoms with Gasteiger partial charge in [0.25, 0.3) is 5.91 Å². The number of aromatic nitrogens is 1. The molecule has 0 bridgehead atoms. The molecule has 1 heterocycles. The van der Waals surface area contributed by atoms with E-state index in [1.165, 1.54) is 0 Å². The number of rotatable bonds is 6. The molecule has 1 aromatic heterocycles. The quantitative estimate of drug-likeness (QED) is 0.889. The van der Waals surface area contributed by atoms with Crippen LogP contribution in [0.3, 0.4) is 0 Å². The Kier molecular flexibility index (Phi) is 4.41. The zero-order chi connectivity index (χ0) is 16.2.